The molecule has 0 bridgehead atoms. The molecule has 5 nitrogen and oxygen atoms in total. The highest BCUT2D eigenvalue weighted by Gasteiger charge is 2.23. The van der Waals surface area contributed by atoms with Gasteiger partial charge in [0.2, 0.25) is 0 Å². The lowest BCUT2D eigenvalue weighted by Crippen LogP contribution is -2.54. The highest BCUT2D eigenvalue weighted by Crippen LogP contribution is 2.25. The molecule has 4 rings (SSSR count). The van der Waals surface area contributed by atoms with E-state index in [2.05, 4.69) is 60.9 Å². The average molecular weight is 404 g/mol. The molecule has 7 heteroatoms. The Morgan fingerprint density at radius 1 is 1.15 bits per heavy atom. The molecule has 1 fully saturated rings. The Balaban J connectivity index is 1.26. The van der Waals surface area contributed by atoms with Crippen LogP contribution in [0.1, 0.15) is 17.4 Å². The molecule has 1 N–H and O–H groups in total. The fourth-order valence-corrected chi connectivity index (χ4v) is 5.61. The van der Waals surface area contributed by atoms with Crippen molar-refractivity contribution in [1.82, 2.24) is 15.1 Å². The highest BCUT2D eigenvalue weighted by molar-refractivity contribution is 7.14. The molecular formula is C20H29N5S2. The second kappa shape index (κ2) is 8.63. The maximum absolute atomic E-state index is 4.54. The lowest BCUT2D eigenvalue weighted by molar-refractivity contribution is 0.191. The van der Waals surface area contributed by atoms with Gasteiger partial charge in [-0.15, -0.1) is 22.7 Å². The number of aliphatic imine (C=N–C) groups is 1. The number of fused-ring (bicyclic) bond motifs is 1. The summed E-state index contributed by atoms with van der Waals surface area (Å²) in [7, 11) is 1.90. The number of thiophene rings is 2. The summed E-state index contributed by atoms with van der Waals surface area (Å²) in [5.41, 5.74) is 1.52. The second-order valence-electron chi connectivity index (χ2n) is 7.29. The van der Waals surface area contributed by atoms with Crippen LogP contribution in [-0.2, 0) is 13.0 Å². The molecule has 146 valence electrons. The smallest absolute Gasteiger partial charge is 0.193 e. The Labute approximate surface area is 170 Å². The Hall–Kier alpha value is -1.57. The fraction of sp³-hybridized carbons (Fsp3) is 0.550. The first-order valence-electron chi connectivity index (χ1n) is 9.78. The van der Waals surface area contributed by atoms with Gasteiger partial charge in [-0.25, -0.2) is 0 Å². The molecule has 0 saturated carbocycles. The first-order valence-corrected chi connectivity index (χ1v) is 11.5. The number of nitrogens with one attached hydrogen (secondary N) is 1. The Bertz CT molecular complexity index is 746. The summed E-state index contributed by atoms with van der Waals surface area (Å²) in [5.74, 6) is 1.04. The van der Waals surface area contributed by atoms with Crippen molar-refractivity contribution in [3.63, 3.8) is 0 Å². The summed E-state index contributed by atoms with van der Waals surface area (Å²) in [6.45, 7) is 9.67. The first-order chi connectivity index (χ1) is 13.2. The third-order valence-electron chi connectivity index (χ3n) is 5.62. The second-order valence-corrected chi connectivity index (χ2v) is 9.22. The lowest BCUT2D eigenvalue weighted by atomic mass is 10.1. The van der Waals surface area contributed by atoms with E-state index in [-0.39, 0.29) is 0 Å². The maximum Gasteiger partial charge on any atom is 0.193 e. The van der Waals surface area contributed by atoms with Crippen molar-refractivity contribution in [2.45, 2.75) is 25.9 Å². The lowest BCUT2D eigenvalue weighted by Gasteiger charge is -2.38. The van der Waals surface area contributed by atoms with Gasteiger partial charge >= 0.3 is 0 Å². The minimum absolute atomic E-state index is 0.502. The molecule has 4 heterocycles. The molecule has 1 unspecified atom stereocenters. The van der Waals surface area contributed by atoms with Crippen LogP contribution in [0.25, 0.3) is 0 Å². The SMILES string of the molecule is CN=C(NCC(C)N1CCc2sccc2C1)N1CCN(c2cccs2)CC1. The van der Waals surface area contributed by atoms with Crippen molar-refractivity contribution in [2.75, 3.05) is 51.2 Å². The normalized spacial score (nSPS) is 19.9. The van der Waals surface area contributed by atoms with Crippen molar-refractivity contribution in [3.05, 3.63) is 39.4 Å². The van der Waals surface area contributed by atoms with Crippen molar-refractivity contribution in [1.29, 1.82) is 0 Å². The molecule has 1 saturated heterocycles. The summed E-state index contributed by atoms with van der Waals surface area (Å²) in [5, 5.41) is 9.39. The van der Waals surface area contributed by atoms with Crippen LogP contribution in [0.4, 0.5) is 5.00 Å². The predicted molar refractivity (Wildman–Crippen MR) is 117 cm³/mol. The van der Waals surface area contributed by atoms with E-state index < -0.39 is 0 Å². The van der Waals surface area contributed by atoms with E-state index in [1.807, 2.05) is 29.7 Å². The Kier molecular flexibility index (Phi) is 6.00. The van der Waals surface area contributed by atoms with Gasteiger partial charge in [0.25, 0.3) is 0 Å². The topological polar surface area (TPSA) is 34.1 Å². The summed E-state index contributed by atoms with van der Waals surface area (Å²) < 4.78 is 0. The summed E-state index contributed by atoms with van der Waals surface area (Å²) in [6.07, 6.45) is 1.19. The number of guanidine groups is 1. The predicted octanol–water partition coefficient (Wildman–Crippen LogP) is 2.95. The standard InChI is InChI=1S/C20H29N5S2/c1-16(25-7-5-18-17(15-25)6-13-26-18)14-22-20(21-2)24-10-8-23(9-11-24)19-4-3-12-27-19/h3-4,6,12-13,16H,5,7-11,14-15H2,1-2H3,(H,21,22). The molecular weight excluding hydrogens is 374 g/mol. The van der Waals surface area contributed by atoms with E-state index in [4.69, 9.17) is 0 Å². The summed E-state index contributed by atoms with van der Waals surface area (Å²) >= 11 is 3.73. The van der Waals surface area contributed by atoms with Crippen LogP contribution in [0.3, 0.4) is 0 Å². The molecule has 0 radical (unpaired) electrons. The van der Waals surface area contributed by atoms with Crippen LogP contribution in [0.15, 0.2) is 34.0 Å². The van der Waals surface area contributed by atoms with Crippen LogP contribution in [0.2, 0.25) is 0 Å². The van der Waals surface area contributed by atoms with Crippen LogP contribution >= 0.6 is 22.7 Å². The molecule has 0 aliphatic carbocycles. The zero-order valence-corrected chi connectivity index (χ0v) is 17.9. The number of nitrogens with zero attached hydrogens (tertiary/aromatic N) is 4. The van der Waals surface area contributed by atoms with E-state index >= 15 is 0 Å². The van der Waals surface area contributed by atoms with Crippen molar-refractivity contribution < 1.29 is 0 Å². The van der Waals surface area contributed by atoms with Gasteiger partial charge in [0.15, 0.2) is 5.96 Å². The molecule has 2 aliphatic heterocycles. The molecule has 1 atom stereocenters. The highest BCUT2D eigenvalue weighted by atomic mass is 32.1. The number of hydrogen-bond donors (Lipinski definition) is 1. The Morgan fingerprint density at radius 3 is 2.74 bits per heavy atom. The maximum atomic E-state index is 4.54. The van der Waals surface area contributed by atoms with Crippen molar-refractivity contribution in [2.24, 2.45) is 4.99 Å². The largest absolute Gasteiger partial charge is 0.360 e. The van der Waals surface area contributed by atoms with Gasteiger partial charge in [-0.05, 0) is 47.9 Å². The molecule has 2 aromatic rings. The van der Waals surface area contributed by atoms with Crippen LogP contribution < -0.4 is 10.2 Å². The minimum Gasteiger partial charge on any atom is -0.360 e. The summed E-state index contributed by atoms with van der Waals surface area (Å²) in [6, 6.07) is 7.14. The van der Waals surface area contributed by atoms with Gasteiger partial charge in [-0.1, -0.05) is 0 Å². The molecule has 0 amide bonds. The molecule has 0 spiro atoms. The summed E-state index contributed by atoms with van der Waals surface area (Å²) in [4.78, 5) is 13.6. The quantitative estimate of drug-likeness (QED) is 0.629. The van der Waals surface area contributed by atoms with Crippen molar-refractivity contribution >= 4 is 33.6 Å². The fourth-order valence-electron chi connectivity index (χ4n) is 3.94. The van der Waals surface area contributed by atoms with Gasteiger partial charge in [0.1, 0.15) is 0 Å². The van der Waals surface area contributed by atoms with Crippen LogP contribution in [0, 0.1) is 0 Å². The average Bonchev–Trinajstić information content (AvgIpc) is 3.40. The minimum atomic E-state index is 0.502. The van der Waals surface area contributed by atoms with E-state index in [1.54, 1.807) is 4.88 Å². The monoisotopic (exact) mass is 403 g/mol. The van der Waals surface area contributed by atoms with Crippen LogP contribution in [0.5, 0.6) is 0 Å². The number of hydrogen-bond acceptors (Lipinski definition) is 5. The van der Waals surface area contributed by atoms with Gasteiger partial charge in [0.05, 0.1) is 5.00 Å². The molecule has 0 aromatic carbocycles. The molecule has 2 aromatic heterocycles. The number of rotatable bonds is 4. The molecule has 2 aliphatic rings. The first kappa shape index (κ1) is 18.8. The Morgan fingerprint density at radius 2 is 2.00 bits per heavy atom. The van der Waals surface area contributed by atoms with E-state index in [0.29, 0.717) is 6.04 Å². The van der Waals surface area contributed by atoms with E-state index in [0.717, 1.165) is 51.8 Å². The zero-order valence-electron chi connectivity index (χ0n) is 16.2. The van der Waals surface area contributed by atoms with Crippen molar-refractivity contribution in [3.8, 4) is 0 Å². The third-order valence-corrected chi connectivity index (χ3v) is 7.58. The van der Waals surface area contributed by atoms with Crippen LogP contribution in [-0.4, -0.2) is 68.1 Å². The number of anilines is 1. The van der Waals surface area contributed by atoms with Gasteiger partial charge in [0, 0.05) is 63.8 Å². The van der Waals surface area contributed by atoms with E-state index in [1.165, 1.54) is 17.0 Å². The number of piperazine rings is 1. The van der Waals surface area contributed by atoms with Gasteiger partial charge < -0.3 is 15.1 Å². The van der Waals surface area contributed by atoms with E-state index in [9.17, 15) is 0 Å². The zero-order chi connectivity index (χ0) is 18.6. The van der Waals surface area contributed by atoms with Gasteiger partial charge in [-0.2, -0.15) is 0 Å². The van der Waals surface area contributed by atoms with Gasteiger partial charge in [-0.3, -0.25) is 9.89 Å². The third kappa shape index (κ3) is 4.31. The molecule has 27 heavy (non-hydrogen) atoms.